The van der Waals surface area contributed by atoms with Gasteiger partial charge in [-0.2, -0.15) is 4.31 Å². The Morgan fingerprint density at radius 2 is 1.47 bits per heavy atom. The van der Waals surface area contributed by atoms with Crippen LogP contribution in [-0.2, 0) is 10.0 Å². The molecule has 0 N–H and O–H groups in total. The minimum Gasteiger partial charge on any atom is -0.207 e. The summed E-state index contributed by atoms with van der Waals surface area (Å²) in [6.07, 6.45) is 4.00. The summed E-state index contributed by atoms with van der Waals surface area (Å²) in [6.45, 7) is 6.18. The van der Waals surface area contributed by atoms with Gasteiger partial charge >= 0.3 is 0 Å². The van der Waals surface area contributed by atoms with Gasteiger partial charge in [-0.15, -0.1) is 0 Å². The third kappa shape index (κ3) is 2.84. The Balaban J connectivity index is 2.22. The lowest BCUT2D eigenvalue weighted by Crippen LogP contribution is -2.16. The molecule has 19 heavy (non-hydrogen) atoms. The molecule has 3 nitrogen and oxygen atoms in total. The highest BCUT2D eigenvalue weighted by Crippen LogP contribution is 2.40. The van der Waals surface area contributed by atoms with Gasteiger partial charge in [-0.3, -0.25) is 0 Å². The van der Waals surface area contributed by atoms with Crippen molar-refractivity contribution in [1.82, 2.24) is 4.31 Å². The Bertz CT molecular complexity index is 510. The van der Waals surface area contributed by atoms with Gasteiger partial charge in [0.25, 0.3) is 0 Å². The van der Waals surface area contributed by atoms with Crippen LogP contribution in [0.25, 0.3) is 0 Å². The lowest BCUT2D eigenvalue weighted by molar-refractivity contribution is 0.536. The standard InChI is InChI=1S/C15H23NO2S/c1-4-6-14-15(7-5-2)16(14)19(17,18)13-10-8-12(3)9-11-13/h8-11,14-15H,4-7H2,1-3H3. The molecule has 0 aromatic heterocycles. The highest BCUT2D eigenvalue weighted by atomic mass is 32.2. The summed E-state index contributed by atoms with van der Waals surface area (Å²) in [5.41, 5.74) is 1.08. The van der Waals surface area contributed by atoms with Crippen LogP contribution in [0.4, 0.5) is 0 Å². The topological polar surface area (TPSA) is 37.1 Å². The van der Waals surface area contributed by atoms with Crippen LogP contribution in [-0.4, -0.2) is 24.8 Å². The molecule has 0 amide bonds. The molecule has 4 heteroatoms. The van der Waals surface area contributed by atoms with Crippen LogP contribution in [0.2, 0.25) is 0 Å². The summed E-state index contributed by atoms with van der Waals surface area (Å²) < 4.78 is 26.9. The Morgan fingerprint density at radius 3 is 1.89 bits per heavy atom. The first kappa shape index (κ1) is 14.5. The van der Waals surface area contributed by atoms with Crippen LogP contribution >= 0.6 is 0 Å². The zero-order valence-electron chi connectivity index (χ0n) is 12.0. The highest BCUT2D eigenvalue weighted by Gasteiger charge is 2.53. The summed E-state index contributed by atoms with van der Waals surface area (Å²) in [7, 11) is -3.29. The third-order valence-electron chi connectivity index (χ3n) is 3.77. The van der Waals surface area contributed by atoms with E-state index in [2.05, 4.69) is 13.8 Å². The normalized spacial score (nSPS) is 26.4. The molecule has 2 atom stereocenters. The maximum atomic E-state index is 12.6. The predicted molar refractivity (Wildman–Crippen MR) is 77.6 cm³/mol. The van der Waals surface area contributed by atoms with Crippen molar-refractivity contribution in [3.8, 4) is 0 Å². The smallest absolute Gasteiger partial charge is 0.207 e. The Hall–Kier alpha value is -0.870. The van der Waals surface area contributed by atoms with Crippen molar-refractivity contribution in [2.24, 2.45) is 0 Å². The van der Waals surface area contributed by atoms with Crippen LogP contribution in [0.1, 0.15) is 45.1 Å². The summed E-state index contributed by atoms with van der Waals surface area (Å²) in [5, 5.41) is 0. The molecule has 2 unspecified atom stereocenters. The maximum Gasteiger partial charge on any atom is 0.243 e. The largest absolute Gasteiger partial charge is 0.243 e. The summed E-state index contributed by atoms with van der Waals surface area (Å²) in [5.74, 6) is 0. The van der Waals surface area contributed by atoms with E-state index >= 15 is 0 Å². The molecule has 1 aromatic rings. The molecule has 0 spiro atoms. The van der Waals surface area contributed by atoms with Crippen molar-refractivity contribution < 1.29 is 8.42 Å². The second kappa shape index (κ2) is 5.63. The Morgan fingerprint density at radius 1 is 1.00 bits per heavy atom. The first-order chi connectivity index (χ1) is 9.02. The fourth-order valence-corrected chi connectivity index (χ4v) is 4.60. The molecular weight excluding hydrogens is 258 g/mol. The van der Waals surface area contributed by atoms with E-state index in [-0.39, 0.29) is 12.1 Å². The Labute approximate surface area is 116 Å². The molecule has 1 fully saturated rings. The molecule has 1 aromatic carbocycles. The second-order valence-corrected chi connectivity index (χ2v) is 7.20. The SMILES string of the molecule is CCCC1C(CCC)N1S(=O)(=O)c1ccc(C)cc1. The fraction of sp³-hybridized carbons (Fsp3) is 0.600. The van der Waals surface area contributed by atoms with Crippen LogP contribution < -0.4 is 0 Å². The first-order valence-corrected chi connectivity index (χ1v) is 8.56. The molecule has 1 aliphatic rings. The van der Waals surface area contributed by atoms with Gasteiger partial charge in [0, 0.05) is 12.1 Å². The van der Waals surface area contributed by atoms with Gasteiger partial charge < -0.3 is 0 Å². The number of hydrogen-bond donors (Lipinski definition) is 0. The predicted octanol–water partition coefficient (Wildman–Crippen LogP) is 3.34. The number of aryl methyl sites for hydroxylation is 1. The molecule has 0 radical (unpaired) electrons. The highest BCUT2D eigenvalue weighted by molar-refractivity contribution is 7.89. The summed E-state index contributed by atoms with van der Waals surface area (Å²) in [6, 6.07) is 7.59. The molecule has 0 aliphatic carbocycles. The van der Waals surface area contributed by atoms with Crippen molar-refractivity contribution >= 4 is 10.0 Å². The second-order valence-electron chi connectivity index (χ2n) is 5.36. The van der Waals surface area contributed by atoms with E-state index in [4.69, 9.17) is 0 Å². The summed E-state index contributed by atoms with van der Waals surface area (Å²) in [4.78, 5) is 0.429. The van der Waals surface area contributed by atoms with Crippen molar-refractivity contribution in [3.63, 3.8) is 0 Å². The average molecular weight is 281 g/mol. The summed E-state index contributed by atoms with van der Waals surface area (Å²) >= 11 is 0. The molecule has 2 rings (SSSR count). The lowest BCUT2D eigenvalue weighted by atomic mass is 10.1. The van der Waals surface area contributed by atoms with Crippen LogP contribution in [0, 0.1) is 6.92 Å². The van der Waals surface area contributed by atoms with E-state index in [1.165, 1.54) is 0 Å². The number of hydrogen-bond acceptors (Lipinski definition) is 2. The van der Waals surface area contributed by atoms with Gasteiger partial charge in [0.2, 0.25) is 10.0 Å². The minimum absolute atomic E-state index is 0.219. The van der Waals surface area contributed by atoms with Gasteiger partial charge in [-0.25, -0.2) is 8.42 Å². The fourth-order valence-electron chi connectivity index (χ4n) is 2.73. The molecule has 1 heterocycles. The van der Waals surface area contributed by atoms with E-state index in [0.717, 1.165) is 31.2 Å². The van der Waals surface area contributed by atoms with Gasteiger partial charge in [0.1, 0.15) is 0 Å². The number of nitrogens with zero attached hydrogens (tertiary/aromatic N) is 1. The molecule has 1 aliphatic heterocycles. The van der Waals surface area contributed by atoms with E-state index in [1.54, 1.807) is 16.4 Å². The molecule has 0 bridgehead atoms. The van der Waals surface area contributed by atoms with E-state index in [0.29, 0.717) is 4.90 Å². The van der Waals surface area contributed by atoms with Crippen LogP contribution in [0.3, 0.4) is 0 Å². The average Bonchev–Trinajstić information content (AvgIpc) is 3.04. The van der Waals surface area contributed by atoms with Crippen molar-refractivity contribution in [2.45, 2.75) is 63.4 Å². The zero-order valence-corrected chi connectivity index (χ0v) is 12.8. The molecule has 1 saturated heterocycles. The molecular formula is C15H23NO2S. The van der Waals surface area contributed by atoms with Gasteiger partial charge in [-0.05, 0) is 31.9 Å². The van der Waals surface area contributed by atoms with E-state index in [9.17, 15) is 8.42 Å². The lowest BCUT2D eigenvalue weighted by Gasteiger charge is -2.07. The number of sulfonamides is 1. The zero-order chi connectivity index (χ0) is 14.0. The van der Waals surface area contributed by atoms with Gasteiger partial charge in [0.15, 0.2) is 0 Å². The van der Waals surface area contributed by atoms with Crippen molar-refractivity contribution in [3.05, 3.63) is 29.8 Å². The minimum atomic E-state index is -3.29. The first-order valence-electron chi connectivity index (χ1n) is 7.12. The van der Waals surface area contributed by atoms with Crippen molar-refractivity contribution in [1.29, 1.82) is 0 Å². The van der Waals surface area contributed by atoms with Crippen molar-refractivity contribution in [2.75, 3.05) is 0 Å². The van der Waals surface area contributed by atoms with E-state index < -0.39 is 10.0 Å². The maximum absolute atomic E-state index is 12.6. The van der Waals surface area contributed by atoms with Gasteiger partial charge in [-0.1, -0.05) is 44.4 Å². The quantitative estimate of drug-likeness (QED) is 0.750. The van der Waals surface area contributed by atoms with Crippen LogP contribution in [0.15, 0.2) is 29.2 Å². The number of benzene rings is 1. The third-order valence-corrected chi connectivity index (χ3v) is 5.74. The van der Waals surface area contributed by atoms with E-state index in [1.807, 2.05) is 19.1 Å². The van der Waals surface area contributed by atoms with Crippen LogP contribution in [0.5, 0.6) is 0 Å². The number of rotatable bonds is 6. The molecule has 0 saturated carbocycles. The Kier molecular flexibility index (Phi) is 4.31. The molecule has 106 valence electrons. The monoisotopic (exact) mass is 281 g/mol. The van der Waals surface area contributed by atoms with Gasteiger partial charge in [0.05, 0.1) is 4.90 Å².